The Morgan fingerprint density at radius 1 is 0.950 bits per heavy atom. The van der Waals surface area contributed by atoms with Gasteiger partial charge in [-0.05, 0) is 55.3 Å². The molecule has 1 nitrogen and oxygen atoms in total. The Kier molecular flexibility index (Phi) is 3.68. The van der Waals surface area contributed by atoms with Crippen molar-refractivity contribution in [3.63, 3.8) is 0 Å². The Balaban J connectivity index is 2.04. The molecule has 3 heteroatoms. The molecule has 0 saturated heterocycles. The molecule has 0 unspecified atom stereocenters. The molecule has 3 aromatic rings. The highest BCUT2D eigenvalue weighted by atomic mass is 35.5. The normalized spacial score (nSPS) is 10.9. The molecule has 0 bridgehead atoms. The van der Waals surface area contributed by atoms with E-state index in [1.807, 2.05) is 24.3 Å². The van der Waals surface area contributed by atoms with Gasteiger partial charge in [0.2, 0.25) is 0 Å². The Labute approximate surface area is 128 Å². The molecule has 0 aliphatic rings. The van der Waals surface area contributed by atoms with Crippen LogP contribution in [-0.2, 0) is 0 Å². The lowest BCUT2D eigenvalue weighted by Crippen LogP contribution is -1.89. The molecule has 0 N–H and O–H groups in total. The summed E-state index contributed by atoms with van der Waals surface area (Å²) in [4.78, 5) is 5.93. The minimum atomic E-state index is 0.757. The quantitative estimate of drug-likeness (QED) is 0.606. The minimum absolute atomic E-state index is 0.757. The van der Waals surface area contributed by atoms with Crippen LogP contribution in [0, 0.1) is 13.8 Å². The number of hydrogen-bond donors (Lipinski definition) is 0. The number of rotatable bonds is 2. The first kappa shape index (κ1) is 13.5. The van der Waals surface area contributed by atoms with E-state index in [4.69, 9.17) is 16.6 Å². The van der Waals surface area contributed by atoms with Crippen LogP contribution in [-0.4, -0.2) is 4.98 Å². The molecule has 1 heterocycles. The Bertz CT molecular complexity index is 766. The van der Waals surface area contributed by atoms with Crippen molar-refractivity contribution in [1.29, 1.82) is 0 Å². The Morgan fingerprint density at radius 2 is 1.70 bits per heavy atom. The van der Waals surface area contributed by atoms with Crippen LogP contribution >= 0.6 is 23.4 Å². The van der Waals surface area contributed by atoms with E-state index in [1.165, 1.54) is 16.5 Å². The first-order valence-corrected chi connectivity index (χ1v) is 7.63. The lowest BCUT2D eigenvalue weighted by Gasteiger charge is -2.08. The maximum absolute atomic E-state index is 5.91. The van der Waals surface area contributed by atoms with Crippen molar-refractivity contribution in [2.24, 2.45) is 0 Å². The minimum Gasteiger partial charge on any atom is -0.241 e. The molecule has 20 heavy (non-hydrogen) atoms. The summed E-state index contributed by atoms with van der Waals surface area (Å²) in [7, 11) is 0. The van der Waals surface area contributed by atoms with E-state index in [0.717, 1.165) is 20.5 Å². The van der Waals surface area contributed by atoms with Gasteiger partial charge in [-0.1, -0.05) is 41.6 Å². The second kappa shape index (κ2) is 5.47. The second-order valence-corrected chi connectivity index (χ2v) is 6.33. The summed E-state index contributed by atoms with van der Waals surface area (Å²) >= 11 is 7.58. The lowest BCUT2D eigenvalue weighted by atomic mass is 10.1. The van der Waals surface area contributed by atoms with Gasteiger partial charge in [0.15, 0.2) is 0 Å². The fourth-order valence-electron chi connectivity index (χ4n) is 2.21. The topological polar surface area (TPSA) is 12.9 Å². The van der Waals surface area contributed by atoms with Crippen molar-refractivity contribution >= 4 is 34.3 Å². The smallest absolute Gasteiger partial charge is 0.102 e. The number of hydrogen-bond acceptors (Lipinski definition) is 2. The molecule has 0 saturated carbocycles. The largest absolute Gasteiger partial charge is 0.241 e. The van der Waals surface area contributed by atoms with Gasteiger partial charge in [-0.2, -0.15) is 0 Å². The summed E-state index contributed by atoms with van der Waals surface area (Å²) in [5.41, 5.74) is 3.56. The summed E-state index contributed by atoms with van der Waals surface area (Å²) in [6.07, 6.45) is 0. The monoisotopic (exact) mass is 299 g/mol. The molecule has 0 aliphatic carbocycles. The number of para-hydroxylation sites is 1. The summed E-state index contributed by atoms with van der Waals surface area (Å²) in [6.45, 7) is 4.24. The van der Waals surface area contributed by atoms with Crippen LogP contribution in [0.4, 0.5) is 0 Å². The summed E-state index contributed by atoms with van der Waals surface area (Å²) in [5, 5.41) is 3.00. The van der Waals surface area contributed by atoms with Gasteiger partial charge in [0.25, 0.3) is 0 Å². The summed E-state index contributed by atoms with van der Waals surface area (Å²) in [6, 6.07) is 16.3. The third kappa shape index (κ3) is 2.67. The number of nitrogens with zero attached hydrogens (tertiary/aromatic N) is 1. The fraction of sp³-hybridized carbons (Fsp3) is 0.118. The van der Waals surface area contributed by atoms with E-state index in [9.17, 15) is 0 Å². The molecule has 0 fully saturated rings. The average molecular weight is 300 g/mol. The molecular formula is C17H14ClNS. The summed E-state index contributed by atoms with van der Waals surface area (Å²) < 4.78 is 0. The third-order valence-corrected chi connectivity index (χ3v) is 4.44. The predicted octanol–water partition coefficient (Wildman–Crippen LogP) is 5.66. The van der Waals surface area contributed by atoms with Crippen molar-refractivity contribution in [3.05, 3.63) is 64.7 Å². The highest BCUT2D eigenvalue weighted by Crippen LogP contribution is 2.30. The molecule has 0 aliphatic heterocycles. The first-order valence-electron chi connectivity index (χ1n) is 6.44. The van der Waals surface area contributed by atoms with Crippen molar-refractivity contribution in [2.45, 2.75) is 23.8 Å². The number of halogens is 1. The molecule has 0 spiro atoms. The molecular weight excluding hydrogens is 286 g/mol. The van der Waals surface area contributed by atoms with Crippen LogP contribution in [0.3, 0.4) is 0 Å². The highest BCUT2D eigenvalue weighted by molar-refractivity contribution is 7.99. The van der Waals surface area contributed by atoms with E-state index in [2.05, 4.69) is 38.1 Å². The zero-order valence-electron chi connectivity index (χ0n) is 11.4. The van der Waals surface area contributed by atoms with Crippen molar-refractivity contribution in [3.8, 4) is 0 Å². The molecule has 3 rings (SSSR count). The van der Waals surface area contributed by atoms with Gasteiger partial charge in [0, 0.05) is 15.3 Å². The van der Waals surface area contributed by atoms with Crippen LogP contribution in [0.15, 0.2) is 58.5 Å². The number of aryl methyl sites for hydroxylation is 2. The van der Waals surface area contributed by atoms with Gasteiger partial charge in [-0.3, -0.25) is 0 Å². The van der Waals surface area contributed by atoms with Crippen molar-refractivity contribution in [1.82, 2.24) is 4.98 Å². The van der Waals surface area contributed by atoms with E-state index in [1.54, 1.807) is 11.8 Å². The maximum atomic E-state index is 5.91. The molecule has 2 aromatic carbocycles. The molecule has 0 amide bonds. The van der Waals surface area contributed by atoms with Crippen LogP contribution in [0.2, 0.25) is 5.02 Å². The number of aromatic nitrogens is 1. The lowest BCUT2D eigenvalue weighted by molar-refractivity contribution is 1.16. The van der Waals surface area contributed by atoms with E-state index < -0.39 is 0 Å². The van der Waals surface area contributed by atoms with Gasteiger partial charge in [-0.15, -0.1) is 0 Å². The maximum Gasteiger partial charge on any atom is 0.102 e. The van der Waals surface area contributed by atoms with Crippen molar-refractivity contribution < 1.29 is 0 Å². The fourth-order valence-corrected chi connectivity index (χ4v) is 3.22. The zero-order chi connectivity index (χ0) is 14.1. The van der Waals surface area contributed by atoms with Crippen LogP contribution in [0.5, 0.6) is 0 Å². The van der Waals surface area contributed by atoms with Crippen molar-refractivity contribution in [2.75, 3.05) is 0 Å². The second-order valence-electron chi connectivity index (χ2n) is 4.80. The highest BCUT2D eigenvalue weighted by Gasteiger charge is 2.06. The van der Waals surface area contributed by atoms with Crippen LogP contribution in [0.1, 0.15) is 11.1 Å². The molecule has 0 radical (unpaired) electrons. The average Bonchev–Trinajstić information content (AvgIpc) is 2.43. The standard InChI is InChI=1S/C17H14ClNS/c1-11-4-3-5-15-12(2)10-16(19-17(11)15)20-14-8-6-13(18)7-9-14/h3-10H,1-2H3. The van der Waals surface area contributed by atoms with E-state index in [-0.39, 0.29) is 0 Å². The van der Waals surface area contributed by atoms with Crippen LogP contribution in [0.25, 0.3) is 10.9 Å². The number of benzene rings is 2. The van der Waals surface area contributed by atoms with Crippen LogP contribution < -0.4 is 0 Å². The van der Waals surface area contributed by atoms with Gasteiger partial charge in [-0.25, -0.2) is 4.98 Å². The van der Waals surface area contributed by atoms with Gasteiger partial charge < -0.3 is 0 Å². The number of pyridine rings is 1. The number of fused-ring (bicyclic) bond motifs is 1. The van der Waals surface area contributed by atoms with E-state index in [0.29, 0.717) is 0 Å². The Hall–Kier alpha value is -1.51. The molecule has 100 valence electrons. The molecule has 0 atom stereocenters. The van der Waals surface area contributed by atoms with Gasteiger partial charge in [0.05, 0.1) is 5.52 Å². The zero-order valence-corrected chi connectivity index (χ0v) is 12.9. The van der Waals surface area contributed by atoms with Gasteiger partial charge >= 0.3 is 0 Å². The van der Waals surface area contributed by atoms with E-state index >= 15 is 0 Å². The first-order chi connectivity index (χ1) is 9.63. The summed E-state index contributed by atoms with van der Waals surface area (Å²) in [5.74, 6) is 0. The Morgan fingerprint density at radius 3 is 2.45 bits per heavy atom. The molecule has 1 aromatic heterocycles. The SMILES string of the molecule is Cc1cc(Sc2ccc(Cl)cc2)nc2c(C)cccc12. The third-order valence-electron chi connectivity index (χ3n) is 3.26. The van der Waals surface area contributed by atoms with Gasteiger partial charge in [0.1, 0.15) is 5.03 Å². The predicted molar refractivity (Wildman–Crippen MR) is 86.8 cm³/mol.